The Morgan fingerprint density at radius 1 is 1.30 bits per heavy atom. The summed E-state index contributed by atoms with van der Waals surface area (Å²) in [6.45, 7) is 6.78. The minimum Gasteiger partial charge on any atom is -0.384 e. The highest BCUT2D eigenvalue weighted by atomic mass is 16.5. The van der Waals surface area contributed by atoms with Crippen molar-refractivity contribution in [1.29, 1.82) is 0 Å². The Morgan fingerprint density at radius 2 is 2.00 bits per heavy atom. The zero-order valence-corrected chi connectivity index (χ0v) is 16.5. The molecule has 1 amide bonds. The average molecular weight is 369 g/mol. The van der Waals surface area contributed by atoms with Crippen LogP contribution in [0.15, 0.2) is 29.1 Å². The minimum atomic E-state index is -0.137. The molecule has 1 aliphatic heterocycles. The molecule has 2 heterocycles. The maximum Gasteiger partial charge on any atom is 0.274 e. The van der Waals surface area contributed by atoms with Crippen molar-refractivity contribution in [1.82, 2.24) is 14.7 Å². The van der Waals surface area contributed by atoms with Crippen molar-refractivity contribution in [2.75, 3.05) is 26.8 Å². The van der Waals surface area contributed by atoms with Gasteiger partial charge in [0.15, 0.2) is 0 Å². The number of benzene rings is 1. The summed E-state index contributed by atoms with van der Waals surface area (Å²) in [7, 11) is 3.37. The Balaban J connectivity index is 1.60. The molecule has 0 unspecified atom stereocenters. The summed E-state index contributed by atoms with van der Waals surface area (Å²) in [5.74, 6) is 0.547. The molecule has 27 heavy (non-hydrogen) atoms. The van der Waals surface area contributed by atoms with E-state index in [1.807, 2.05) is 23.1 Å². The van der Waals surface area contributed by atoms with Gasteiger partial charge in [0, 0.05) is 38.0 Å². The molecule has 4 rings (SSSR count). The summed E-state index contributed by atoms with van der Waals surface area (Å²) in [6, 6.07) is 7.38. The highest BCUT2D eigenvalue weighted by Crippen LogP contribution is 2.62. The molecule has 1 aliphatic carbocycles. The first-order valence-electron chi connectivity index (χ1n) is 9.49. The van der Waals surface area contributed by atoms with E-state index in [1.165, 1.54) is 4.68 Å². The molecule has 1 saturated heterocycles. The third kappa shape index (κ3) is 2.78. The lowest BCUT2D eigenvalue weighted by molar-refractivity contribution is -0.130. The fourth-order valence-corrected chi connectivity index (χ4v) is 5.56. The number of carbonyl (C=O) groups excluding carboxylic acids is 1. The van der Waals surface area contributed by atoms with E-state index in [0.717, 1.165) is 24.9 Å². The standard InChI is InChI=1S/C21H27N3O3/c1-20(2)11-21(13-27-4)12-24(10-17(20)21)18(25)9-16-14-7-5-6-8-15(14)19(26)23(3)22-16/h5-8,17H,9-13H2,1-4H3/t17-,21-/m1/s1. The van der Waals surface area contributed by atoms with Crippen molar-refractivity contribution < 1.29 is 9.53 Å². The number of carbonyl (C=O) groups is 1. The van der Waals surface area contributed by atoms with Gasteiger partial charge in [-0.15, -0.1) is 0 Å². The Kier molecular flexibility index (Phi) is 4.14. The number of aromatic nitrogens is 2. The van der Waals surface area contributed by atoms with Crippen LogP contribution in [0.2, 0.25) is 0 Å². The Morgan fingerprint density at radius 3 is 2.67 bits per heavy atom. The normalized spacial score (nSPS) is 26.1. The average Bonchev–Trinajstić information content (AvgIpc) is 2.94. The van der Waals surface area contributed by atoms with Crippen molar-refractivity contribution >= 4 is 16.7 Å². The molecule has 6 heteroatoms. The first-order valence-corrected chi connectivity index (χ1v) is 9.49. The molecule has 1 aromatic carbocycles. The summed E-state index contributed by atoms with van der Waals surface area (Å²) in [4.78, 5) is 27.4. The monoisotopic (exact) mass is 369 g/mol. The molecule has 6 nitrogen and oxygen atoms in total. The number of hydrogen-bond acceptors (Lipinski definition) is 4. The lowest BCUT2D eigenvalue weighted by Crippen LogP contribution is -2.55. The maximum atomic E-state index is 13.1. The van der Waals surface area contributed by atoms with E-state index < -0.39 is 0 Å². The van der Waals surface area contributed by atoms with Crippen LogP contribution in [0.3, 0.4) is 0 Å². The quantitative estimate of drug-likeness (QED) is 0.827. The molecular formula is C21H27N3O3. The summed E-state index contributed by atoms with van der Waals surface area (Å²) in [5.41, 5.74) is 0.862. The van der Waals surface area contributed by atoms with E-state index in [-0.39, 0.29) is 28.7 Å². The number of rotatable bonds is 4. The zero-order chi connectivity index (χ0) is 19.4. The second kappa shape index (κ2) is 6.16. The van der Waals surface area contributed by atoms with Crippen LogP contribution in [0.4, 0.5) is 0 Å². The predicted molar refractivity (Wildman–Crippen MR) is 103 cm³/mol. The van der Waals surface area contributed by atoms with Gasteiger partial charge in [-0.1, -0.05) is 32.0 Å². The van der Waals surface area contributed by atoms with Crippen molar-refractivity contribution in [2.45, 2.75) is 26.7 Å². The van der Waals surface area contributed by atoms with E-state index in [9.17, 15) is 9.59 Å². The van der Waals surface area contributed by atoms with Crippen LogP contribution in [0, 0.1) is 16.7 Å². The van der Waals surface area contributed by atoms with Crippen LogP contribution in [0.5, 0.6) is 0 Å². The van der Waals surface area contributed by atoms with Crippen molar-refractivity contribution in [3.63, 3.8) is 0 Å². The Labute approximate surface area is 159 Å². The van der Waals surface area contributed by atoms with E-state index in [4.69, 9.17) is 4.74 Å². The van der Waals surface area contributed by atoms with Gasteiger partial charge >= 0.3 is 0 Å². The molecule has 0 spiro atoms. The minimum absolute atomic E-state index is 0.0759. The van der Waals surface area contributed by atoms with E-state index in [0.29, 0.717) is 23.6 Å². The topological polar surface area (TPSA) is 64.4 Å². The number of fused-ring (bicyclic) bond motifs is 2. The van der Waals surface area contributed by atoms with Crippen LogP contribution >= 0.6 is 0 Å². The molecule has 0 radical (unpaired) electrons. The van der Waals surface area contributed by atoms with E-state index in [1.54, 1.807) is 20.2 Å². The number of nitrogens with zero attached hydrogens (tertiary/aromatic N) is 3. The number of methoxy groups -OCH3 is 1. The van der Waals surface area contributed by atoms with Gasteiger partial charge in [0.1, 0.15) is 0 Å². The summed E-state index contributed by atoms with van der Waals surface area (Å²) < 4.78 is 6.82. The molecule has 1 aromatic heterocycles. The molecule has 0 bridgehead atoms. The SMILES string of the molecule is COC[C@@]12CN(C(=O)Cc3nn(C)c(=O)c4ccccc34)C[C@@H]1C(C)(C)C2. The summed E-state index contributed by atoms with van der Waals surface area (Å²) in [5, 5.41) is 5.75. The molecular weight excluding hydrogens is 342 g/mol. The number of aryl methyl sites for hydroxylation is 1. The number of ether oxygens (including phenoxy) is 1. The third-order valence-electron chi connectivity index (χ3n) is 6.54. The highest BCUT2D eigenvalue weighted by Gasteiger charge is 2.63. The maximum absolute atomic E-state index is 13.1. The smallest absolute Gasteiger partial charge is 0.274 e. The number of hydrogen-bond donors (Lipinski definition) is 0. The van der Waals surface area contributed by atoms with Crippen LogP contribution in [0.1, 0.15) is 26.0 Å². The van der Waals surface area contributed by atoms with Crippen molar-refractivity contribution in [3.05, 3.63) is 40.3 Å². The molecule has 2 aromatic rings. The largest absolute Gasteiger partial charge is 0.384 e. The molecule has 0 N–H and O–H groups in total. The molecule has 144 valence electrons. The van der Waals surface area contributed by atoms with Gasteiger partial charge in [0.05, 0.1) is 24.1 Å². The molecule has 2 fully saturated rings. The Hall–Kier alpha value is -2.21. The van der Waals surface area contributed by atoms with Crippen molar-refractivity contribution in [3.8, 4) is 0 Å². The van der Waals surface area contributed by atoms with Gasteiger partial charge in [-0.05, 0) is 23.8 Å². The van der Waals surface area contributed by atoms with Crippen LogP contribution in [0.25, 0.3) is 10.8 Å². The third-order valence-corrected chi connectivity index (χ3v) is 6.54. The highest BCUT2D eigenvalue weighted by molar-refractivity contribution is 5.88. The van der Waals surface area contributed by atoms with Crippen LogP contribution in [-0.4, -0.2) is 47.4 Å². The van der Waals surface area contributed by atoms with Gasteiger partial charge in [-0.3, -0.25) is 9.59 Å². The van der Waals surface area contributed by atoms with Gasteiger partial charge < -0.3 is 9.64 Å². The number of likely N-dealkylation sites (tertiary alicyclic amines) is 1. The second-order valence-corrected chi connectivity index (χ2v) is 8.89. The first kappa shape index (κ1) is 18.2. The lowest BCUT2D eigenvalue weighted by atomic mass is 9.48. The number of amides is 1. The van der Waals surface area contributed by atoms with Gasteiger partial charge in [-0.25, -0.2) is 4.68 Å². The second-order valence-electron chi connectivity index (χ2n) is 8.89. The molecule has 2 atom stereocenters. The van der Waals surface area contributed by atoms with E-state index >= 15 is 0 Å². The lowest BCUT2D eigenvalue weighted by Gasteiger charge is -2.56. The van der Waals surface area contributed by atoms with Gasteiger partial charge in [0.2, 0.25) is 5.91 Å². The fourth-order valence-electron chi connectivity index (χ4n) is 5.56. The van der Waals surface area contributed by atoms with Gasteiger partial charge in [0.25, 0.3) is 5.56 Å². The van der Waals surface area contributed by atoms with Crippen molar-refractivity contribution in [2.24, 2.45) is 23.8 Å². The summed E-state index contributed by atoms with van der Waals surface area (Å²) in [6.07, 6.45) is 1.30. The predicted octanol–water partition coefficient (Wildman–Crippen LogP) is 2.00. The van der Waals surface area contributed by atoms with Crippen LogP contribution in [-0.2, 0) is 23.0 Å². The first-order chi connectivity index (χ1) is 12.8. The fraction of sp³-hybridized carbons (Fsp3) is 0.571. The van der Waals surface area contributed by atoms with Crippen LogP contribution < -0.4 is 5.56 Å². The zero-order valence-electron chi connectivity index (χ0n) is 16.5. The molecule has 2 aliphatic rings. The Bertz CT molecular complexity index is 965. The van der Waals surface area contributed by atoms with E-state index in [2.05, 4.69) is 18.9 Å². The van der Waals surface area contributed by atoms with Gasteiger partial charge in [-0.2, -0.15) is 5.10 Å². The summed E-state index contributed by atoms with van der Waals surface area (Å²) >= 11 is 0. The molecule has 1 saturated carbocycles.